The Kier molecular flexibility index (Phi) is 5.74. The van der Waals surface area contributed by atoms with E-state index in [1.807, 2.05) is 6.07 Å². The average molecular weight is 385 g/mol. The minimum absolute atomic E-state index is 0.349. The summed E-state index contributed by atoms with van der Waals surface area (Å²) >= 11 is 1.72. The molecule has 0 N–H and O–H groups in total. The van der Waals surface area contributed by atoms with Gasteiger partial charge in [-0.15, -0.1) is 11.3 Å². The lowest BCUT2D eigenvalue weighted by molar-refractivity contribution is -0.133. The van der Waals surface area contributed by atoms with Crippen molar-refractivity contribution in [2.75, 3.05) is 51.2 Å². The highest BCUT2D eigenvalue weighted by atomic mass is 32.1. The zero-order valence-corrected chi connectivity index (χ0v) is 16.8. The second-order valence-electron chi connectivity index (χ2n) is 7.70. The number of thiazole rings is 1. The van der Waals surface area contributed by atoms with E-state index in [0.29, 0.717) is 18.2 Å². The van der Waals surface area contributed by atoms with Crippen molar-refractivity contribution >= 4 is 22.4 Å². The van der Waals surface area contributed by atoms with E-state index in [9.17, 15) is 4.79 Å². The minimum Gasteiger partial charge on any atom is -0.348 e. The molecule has 0 atom stereocenters. The van der Waals surface area contributed by atoms with Gasteiger partial charge < -0.3 is 14.7 Å². The van der Waals surface area contributed by atoms with E-state index in [1.165, 1.54) is 5.56 Å². The van der Waals surface area contributed by atoms with Crippen LogP contribution in [0, 0.1) is 5.92 Å². The van der Waals surface area contributed by atoms with Crippen LogP contribution in [-0.2, 0) is 4.79 Å². The van der Waals surface area contributed by atoms with E-state index in [4.69, 9.17) is 4.98 Å². The summed E-state index contributed by atoms with van der Waals surface area (Å²) in [5.41, 5.74) is 2.23. The maximum Gasteiger partial charge on any atom is 0.222 e. The zero-order chi connectivity index (χ0) is 18.6. The van der Waals surface area contributed by atoms with E-state index in [0.717, 1.165) is 62.9 Å². The molecule has 0 saturated carbocycles. The van der Waals surface area contributed by atoms with Gasteiger partial charge in [0.15, 0.2) is 5.13 Å². The average Bonchev–Trinajstić information content (AvgIpc) is 3.20. The van der Waals surface area contributed by atoms with Gasteiger partial charge in [0.1, 0.15) is 0 Å². The van der Waals surface area contributed by atoms with Crippen molar-refractivity contribution in [1.29, 1.82) is 0 Å². The van der Waals surface area contributed by atoms with Crippen LogP contribution in [0.25, 0.3) is 11.3 Å². The second kappa shape index (κ2) is 8.40. The number of hydrogen-bond acceptors (Lipinski definition) is 5. The first-order valence-electron chi connectivity index (χ1n) is 9.91. The maximum absolute atomic E-state index is 12.6. The highest BCUT2D eigenvalue weighted by Gasteiger charge is 2.26. The zero-order valence-electron chi connectivity index (χ0n) is 16.0. The molecule has 0 bridgehead atoms. The molecule has 27 heavy (non-hydrogen) atoms. The van der Waals surface area contributed by atoms with Crippen molar-refractivity contribution in [3.63, 3.8) is 0 Å². The quantitative estimate of drug-likeness (QED) is 0.812. The molecule has 6 heteroatoms. The van der Waals surface area contributed by atoms with E-state index < -0.39 is 0 Å². The molecular weight excluding hydrogens is 356 g/mol. The van der Waals surface area contributed by atoms with E-state index in [-0.39, 0.29) is 0 Å². The Morgan fingerprint density at radius 2 is 1.78 bits per heavy atom. The fraction of sp³-hybridized carbons (Fsp3) is 0.524. The first kappa shape index (κ1) is 18.4. The second-order valence-corrected chi connectivity index (χ2v) is 8.54. The number of likely N-dealkylation sites (N-methyl/N-ethyl adjacent to an activating group) is 1. The predicted octanol–water partition coefficient (Wildman–Crippen LogP) is 3.19. The first-order valence-corrected chi connectivity index (χ1v) is 10.8. The molecule has 0 radical (unpaired) electrons. The maximum atomic E-state index is 12.6. The largest absolute Gasteiger partial charge is 0.348 e. The molecule has 0 unspecified atom stereocenters. The first-order chi connectivity index (χ1) is 13.2. The van der Waals surface area contributed by atoms with Crippen LogP contribution in [0.15, 0.2) is 35.7 Å². The molecule has 2 aliphatic heterocycles. The van der Waals surface area contributed by atoms with Gasteiger partial charge in [0.2, 0.25) is 5.91 Å². The summed E-state index contributed by atoms with van der Waals surface area (Å²) < 4.78 is 0. The molecule has 2 aromatic rings. The Morgan fingerprint density at radius 1 is 1.07 bits per heavy atom. The van der Waals surface area contributed by atoms with E-state index in [1.54, 1.807) is 11.3 Å². The molecule has 5 nitrogen and oxygen atoms in total. The fourth-order valence-electron chi connectivity index (χ4n) is 3.91. The number of amides is 1. The lowest BCUT2D eigenvalue weighted by atomic mass is 9.93. The summed E-state index contributed by atoms with van der Waals surface area (Å²) in [4.78, 5) is 24.1. The molecule has 144 valence electrons. The number of anilines is 1. The van der Waals surface area contributed by atoms with Crippen molar-refractivity contribution in [2.45, 2.75) is 19.3 Å². The van der Waals surface area contributed by atoms with Crippen LogP contribution in [0.3, 0.4) is 0 Å². The third-order valence-corrected chi connectivity index (χ3v) is 6.67. The molecule has 1 aromatic carbocycles. The van der Waals surface area contributed by atoms with Gasteiger partial charge in [0.25, 0.3) is 0 Å². The predicted molar refractivity (Wildman–Crippen MR) is 111 cm³/mol. The third kappa shape index (κ3) is 4.50. The van der Waals surface area contributed by atoms with Crippen molar-refractivity contribution in [3.05, 3.63) is 35.7 Å². The Hall–Kier alpha value is -1.92. The molecule has 4 rings (SSSR count). The number of aromatic nitrogens is 1. The van der Waals surface area contributed by atoms with Crippen LogP contribution in [0.4, 0.5) is 5.13 Å². The van der Waals surface area contributed by atoms with E-state index in [2.05, 4.69) is 51.4 Å². The number of benzene rings is 1. The molecule has 0 spiro atoms. The number of piperazine rings is 1. The number of hydrogen-bond donors (Lipinski definition) is 0. The smallest absolute Gasteiger partial charge is 0.222 e. The van der Waals surface area contributed by atoms with Gasteiger partial charge in [0, 0.05) is 56.6 Å². The number of rotatable bonds is 4. The Balaban J connectivity index is 1.28. The van der Waals surface area contributed by atoms with Crippen LogP contribution in [0.5, 0.6) is 0 Å². The van der Waals surface area contributed by atoms with Gasteiger partial charge in [-0.2, -0.15) is 0 Å². The molecule has 2 fully saturated rings. The summed E-state index contributed by atoms with van der Waals surface area (Å²) in [5.74, 6) is 0.865. The van der Waals surface area contributed by atoms with E-state index >= 15 is 0 Å². The van der Waals surface area contributed by atoms with Crippen molar-refractivity contribution in [1.82, 2.24) is 14.8 Å². The van der Waals surface area contributed by atoms with Gasteiger partial charge in [0.05, 0.1) is 5.69 Å². The highest BCUT2D eigenvalue weighted by Crippen LogP contribution is 2.31. The summed E-state index contributed by atoms with van der Waals surface area (Å²) in [6.45, 7) is 5.77. The molecule has 2 aliphatic rings. The van der Waals surface area contributed by atoms with Crippen LogP contribution in [-0.4, -0.2) is 67.0 Å². The standard InChI is InChI=1S/C21H28N4OS/c1-23-11-13-24(14-12-23)20(26)15-17-7-9-25(10-8-17)21-22-19(16-27-21)18-5-3-2-4-6-18/h2-6,16-17H,7-15H2,1H3. The lowest BCUT2D eigenvalue weighted by Gasteiger charge is -2.35. The summed E-state index contributed by atoms with van der Waals surface area (Å²) in [7, 11) is 2.12. The molecule has 1 amide bonds. The van der Waals surface area contributed by atoms with Crippen LogP contribution < -0.4 is 4.90 Å². The van der Waals surface area contributed by atoms with Crippen molar-refractivity contribution in [2.24, 2.45) is 5.92 Å². The Morgan fingerprint density at radius 3 is 2.48 bits per heavy atom. The summed E-state index contributed by atoms with van der Waals surface area (Å²) in [6, 6.07) is 10.4. The molecule has 3 heterocycles. The SMILES string of the molecule is CN1CCN(C(=O)CC2CCN(c3nc(-c4ccccc4)cs3)CC2)CC1. The van der Waals surface area contributed by atoms with Crippen molar-refractivity contribution in [3.8, 4) is 11.3 Å². The summed E-state index contributed by atoms with van der Waals surface area (Å²) in [6.07, 6.45) is 2.88. The van der Waals surface area contributed by atoms with Gasteiger partial charge in [-0.05, 0) is 25.8 Å². The number of piperidine rings is 1. The van der Waals surface area contributed by atoms with Gasteiger partial charge >= 0.3 is 0 Å². The normalized spacial score (nSPS) is 19.4. The lowest BCUT2D eigenvalue weighted by Crippen LogP contribution is -2.47. The fourth-order valence-corrected chi connectivity index (χ4v) is 4.80. The Bertz CT molecular complexity index is 747. The third-order valence-electron chi connectivity index (χ3n) is 5.77. The molecule has 1 aromatic heterocycles. The minimum atomic E-state index is 0.349. The van der Waals surface area contributed by atoms with Gasteiger partial charge in [-0.3, -0.25) is 4.79 Å². The van der Waals surface area contributed by atoms with Crippen molar-refractivity contribution < 1.29 is 4.79 Å². The molecular formula is C21H28N4OS. The van der Waals surface area contributed by atoms with Gasteiger partial charge in [-0.25, -0.2) is 4.98 Å². The number of nitrogens with zero attached hydrogens (tertiary/aromatic N) is 4. The monoisotopic (exact) mass is 384 g/mol. The number of carbonyl (C=O) groups is 1. The molecule has 2 saturated heterocycles. The summed E-state index contributed by atoms with van der Waals surface area (Å²) in [5, 5.41) is 3.26. The molecule has 0 aliphatic carbocycles. The van der Waals surface area contributed by atoms with Crippen LogP contribution >= 0.6 is 11.3 Å². The number of carbonyl (C=O) groups excluding carboxylic acids is 1. The van der Waals surface area contributed by atoms with Crippen LogP contribution in [0.2, 0.25) is 0 Å². The topological polar surface area (TPSA) is 39.7 Å². The van der Waals surface area contributed by atoms with Crippen LogP contribution in [0.1, 0.15) is 19.3 Å². The highest BCUT2D eigenvalue weighted by molar-refractivity contribution is 7.14. The van der Waals surface area contributed by atoms with Gasteiger partial charge in [-0.1, -0.05) is 30.3 Å². The Labute approximate surface area is 165 Å².